The Morgan fingerprint density at radius 3 is 2.88 bits per heavy atom. The van der Waals surface area contributed by atoms with Crippen molar-refractivity contribution in [1.29, 1.82) is 0 Å². The van der Waals surface area contributed by atoms with E-state index in [1.807, 2.05) is 0 Å². The van der Waals surface area contributed by atoms with Crippen LogP contribution >= 0.6 is 11.3 Å². The second kappa shape index (κ2) is 7.13. The molecule has 1 atom stereocenters. The minimum absolute atomic E-state index is 0.0000395. The van der Waals surface area contributed by atoms with Gasteiger partial charge in [0.05, 0.1) is 5.56 Å². The van der Waals surface area contributed by atoms with Crippen LogP contribution in [0.3, 0.4) is 0 Å². The third-order valence-corrected chi connectivity index (χ3v) is 5.21. The molecule has 3 rings (SSSR count). The van der Waals surface area contributed by atoms with Gasteiger partial charge in [0.2, 0.25) is 0 Å². The standard InChI is InChI=1S/C17H18F3N3OS/c18-17(19,20)12-5-3-4-11(8-12)15-22-14(10-25-15)16(24)23-7-2-1-6-13(23)9-21/h3-5,8,10,13H,1-2,6-7,9,21H2. The van der Waals surface area contributed by atoms with E-state index in [0.29, 0.717) is 23.7 Å². The summed E-state index contributed by atoms with van der Waals surface area (Å²) in [5.41, 5.74) is 5.63. The van der Waals surface area contributed by atoms with Crippen LogP contribution in [0.2, 0.25) is 0 Å². The molecular weight excluding hydrogens is 351 g/mol. The molecule has 2 aromatic rings. The first-order chi connectivity index (χ1) is 11.9. The summed E-state index contributed by atoms with van der Waals surface area (Å²) in [6, 6.07) is 4.97. The van der Waals surface area contributed by atoms with Gasteiger partial charge in [-0.2, -0.15) is 13.2 Å². The van der Waals surface area contributed by atoms with Gasteiger partial charge < -0.3 is 10.6 Å². The summed E-state index contributed by atoms with van der Waals surface area (Å²) in [4.78, 5) is 18.7. The minimum atomic E-state index is -4.41. The predicted octanol–water partition coefficient (Wildman–Crippen LogP) is 3.78. The average molecular weight is 369 g/mol. The molecule has 1 aliphatic rings. The number of amides is 1. The number of rotatable bonds is 3. The molecule has 0 spiro atoms. The summed E-state index contributed by atoms with van der Waals surface area (Å²) < 4.78 is 38.6. The summed E-state index contributed by atoms with van der Waals surface area (Å²) in [5, 5.41) is 2.00. The Bertz CT molecular complexity index is 760. The molecule has 1 unspecified atom stereocenters. The van der Waals surface area contributed by atoms with Crippen molar-refractivity contribution in [2.45, 2.75) is 31.5 Å². The number of nitrogens with two attached hydrogens (primary N) is 1. The summed E-state index contributed by atoms with van der Waals surface area (Å²) in [7, 11) is 0. The quantitative estimate of drug-likeness (QED) is 0.896. The van der Waals surface area contributed by atoms with Gasteiger partial charge in [-0.3, -0.25) is 4.79 Å². The van der Waals surface area contributed by atoms with Crippen molar-refractivity contribution in [3.63, 3.8) is 0 Å². The van der Waals surface area contributed by atoms with Gasteiger partial charge in [0.1, 0.15) is 10.7 Å². The van der Waals surface area contributed by atoms with Crippen LogP contribution in [0.4, 0.5) is 13.2 Å². The van der Waals surface area contributed by atoms with Crippen LogP contribution in [-0.4, -0.2) is 34.9 Å². The Morgan fingerprint density at radius 1 is 1.36 bits per heavy atom. The highest BCUT2D eigenvalue weighted by Gasteiger charge is 2.31. The number of hydrogen-bond donors (Lipinski definition) is 1. The van der Waals surface area contributed by atoms with Crippen molar-refractivity contribution < 1.29 is 18.0 Å². The number of thiazole rings is 1. The fourth-order valence-electron chi connectivity index (χ4n) is 2.99. The lowest BCUT2D eigenvalue weighted by Gasteiger charge is -2.34. The van der Waals surface area contributed by atoms with Crippen molar-refractivity contribution in [2.75, 3.05) is 13.1 Å². The normalized spacial score (nSPS) is 18.4. The van der Waals surface area contributed by atoms with Crippen LogP contribution in [-0.2, 0) is 6.18 Å². The van der Waals surface area contributed by atoms with Crippen LogP contribution in [0.1, 0.15) is 35.3 Å². The van der Waals surface area contributed by atoms with E-state index >= 15 is 0 Å². The Hall–Kier alpha value is -1.93. The van der Waals surface area contributed by atoms with Crippen molar-refractivity contribution in [3.05, 3.63) is 40.9 Å². The number of nitrogens with zero attached hydrogens (tertiary/aromatic N) is 2. The molecule has 134 valence electrons. The van der Waals surface area contributed by atoms with Crippen LogP contribution < -0.4 is 5.73 Å². The molecule has 1 fully saturated rings. The zero-order valence-corrected chi connectivity index (χ0v) is 14.2. The summed E-state index contributed by atoms with van der Waals surface area (Å²) in [5.74, 6) is -0.204. The third-order valence-electron chi connectivity index (χ3n) is 4.32. The SMILES string of the molecule is NCC1CCCCN1C(=O)c1csc(-c2cccc(C(F)(F)F)c2)n1. The van der Waals surface area contributed by atoms with Crippen LogP contribution in [0.15, 0.2) is 29.6 Å². The molecule has 2 heterocycles. The van der Waals surface area contributed by atoms with E-state index in [4.69, 9.17) is 5.73 Å². The Balaban J connectivity index is 1.84. The first kappa shape index (κ1) is 17.9. The molecule has 0 bridgehead atoms. The average Bonchev–Trinajstić information content (AvgIpc) is 3.10. The second-order valence-corrected chi connectivity index (χ2v) is 6.86. The fraction of sp³-hybridized carbons (Fsp3) is 0.412. The molecule has 4 nitrogen and oxygen atoms in total. The highest BCUT2D eigenvalue weighted by Crippen LogP contribution is 2.33. The molecule has 1 aliphatic heterocycles. The summed E-state index contributed by atoms with van der Waals surface area (Å²) >= 11 is 1.17. The molecular formula is C17H18F3N3OS. The molecule has 1 saturated heterocycles. The molecule has 2 N–H and O–H groups in total. The van der Waals surface area contributed by atoms with Gasteiger partial charge in [0.15, 0.2) is 0 Å². The van der Waals surface area contributed by atoms with Crippen molar-refractivity contribution in [1.82, 2.24) is 9.88 Å². The number of aromatic nitrogens is 1. The van der Waals surface area contributed by atoms with Gasteiger partial charge in [0.25, 0.3) is 5.91 Å². The van der Waals surface area contributed by atoms with Crippen LogP contribution in [0.25, 0.3) is 10.6 Å². The molecule has 25 heavy (non-hydrogen) atoms. The van der Waals surface area contributed by atoms with Gasteiger partial charge >= 0.3 is 6.18 Å². The van der Waals surface area contributed by atoms with Gasteiger partial charge in [-0.05, 0) is 31.4 Å². The third kappa shape index (κ3) is 3.85. The van der Waals surface area contributed by atoms with Gasteiger partial charge in [-0.1, -0.05) is 12.1 Å². The van der Waals surface area contributed by atoms with E-state index < -0.39 is 11.7 Å². The van der Waals surface area contributed by atoms with Gasteiger partial charge in [0, 0.05) is 30.1 Å². The lowest BCUT2D eigenvalue weighted by molar-refractivity contribution is -0.137. The molecule has 0 saturated carbocycles. The molecule has 0 aliphatic carbocycles. The zero-order chi connectivity index (χ0) is 18.0. The number of alkyl halides is 3. The van der Waals surface area contributed by atoms with E-state index in [1.165, 1.54) is 17.4 Å². The number of halogens is 3. The fourth-order valence-corrected chi connectivity index (χ4v) is 3.78. The van der Waals surface area contributed by atoms with E-state index in [-0.39, 0.29) is 17.6 Å². The van der Waals surface area contributed by atoms with E-state index in [0.717, 1.165) is 31.4 Å². The largest absolute Gasteiger partial charge is 0.416 e. The predicted molar refractivity (Wildman–Crippen MR) is 90.3 cm³/mol. The van der Waals surface area contributed by atoms with Gasteiger partial charge in [-0.15, -0.1) is 11.3 Å². The lowest BCUT2D eigenvalue weighted by atomic mass is 10.0. The number of carbonyl (C=O) groups is 1. The zero-order valence-electron chi connectivity index (χ0n) is 13.4. The van der Waals surface area contributed by atoms with Crippen LogP contribution in [0, 0.1) is 0 Å². The maximum atomic E-state index is 12.9. The number of hydrogen-bond acceptors (Lipinski definition) is 4. The van der Waals surface area contributed by atoms with Crippen molar-refractivity contribution >= 4 is 17.2 Å². The Kier molecular flexibility index (Phi) is 5.10. The molecule has 0 radical (unpaired) electrons. The first-order valence-corrected chi connectivity index (χ1v) is 8.92. The highest BCUT2D eigenvalue weighted by molar-refractivity contribution is 7.13. The molecule has 1 aromatic heterocycles. The molecule has 1 amide bonds. The maximum Gasteiger partial charge on any atom is 0.416 e. The van der Waals surface area contributed by atoms with Gasteiger partial charge in [-0.25, -0.2) is 4.98 Å². The molecule has 1 aromatic carbocycles. The van der Waals surface area contributed by atoms with Crippen molar-refractivity contribution in [3.8, 4) is 10.6 Å². The van der Waals surface area contributed by atoms with E-state index in [1.54, 1.807) is 16.3 Å². The van der Waals surface area contributed by atoms with Crippen LogP contribution in [0.5, 0.6) is 0 Å². The van der Waals surface area contributed by atoms with Crippen molar-refractivity contribution in [2.24, 2.45) is 5.73 Å². The smallest absolute Gasteiger partial charge is 0.333 e. The van der Waals surface area contributed by atoms with E-state index in [9.17, 15) is 18.0 Å². The number of likely N-dealkylation sites (tertiary alicyclic amines) is 1. The molecule has 8 heteroatoms. The minimum Gasteiger partial charge on any atom is -0.333 e. The summed E-state index contributed by atoms with van der Waals surface area (Å²) in [6.45, 7) is 1.04. The van der Waals surface area contributed by atoms with E-state index in [2.05, 4.69) is 4.98 Å². The Labute approximate surface area is 147 Å². The monoisotopic (exact) mass is 369 g/mol. The highest BCUT2D eigenvalue weighted by atomic mass is 32.1. The number of carbonyl (C=O) groups excluding carboxylic acids is 1. The Morgan fingerprint density at radius 2 is 2.16 bits per heavy atom. The number of benzene rings is 1. The topological polar surface area (TPSA) is 59.2 Å². The lowest BCUT2D eigenvalue weighted by Crippen LogP contribution is -2.47. The summed E-state index contributed by atoms with van der Waals surface area (Å²) in [6.07, 6.45) is -1.58. The first-order valence-electron chi connectivity index (χ1n) is 8.04. The second-order valence-electron chi connectivity index (χ2n) is 6.00. The maximum absolute atomic E-state index is 12.9. The number of piperidine rings is 1.